The quantitative estimate of drug-likeness (QED) is 0.554. The van der Waals surface area contributed by atoms with Crippen molar-refractivity contribution in [3.63, 3.8) is 0 Å². The lowest BCUT2D eigenvalue weighted by Crippen LogP contribution is -2.49. The van der Waals surface area contributed by atoms with Crippen LogP contribution in [0.5, 0.6) is 5.75 Å². The molecule has 2 aromatic rings. The van der Waals surface area contributed by atoms with Crippen molar-refractivity contribution in [2.75, 3.05) is 13.2 Å². The predicted octanol–water partition coefficient (Wildman–Crippen LogP) is 4.52. The lowest BCUT2D eigenvalue weighted by atomic mass is 10.0. The number of carbonyl (C=O) groups excluding carboxylic acids is 2. The number of ether oxygens (including phenoxy) is 1. The normalized spacial score (nSPS) is 11.8. The summed E-state index contributed by atoms with van der Waals surface area (Å²) in [5.41, 5.74) is 2.03. The molecule has 0 aliphatic rings. The van der Waals surface area contributed by atoms with Gasteiger partial charge in [-0.2, -0.15) is 0 Å². The Bertz CT molecular complexity index is 805. The Morgan fingerprint density at radius 1 is 1.00 bits per heavy atom. The second kappa shape index (κ2) is 12.0. The number of hydrogen-bond acceptors (Lipinski definition) is 3. The maximum atomic E-state index is 13.1. The molecule has 5 heteroatoms. The minimum Gasteiger partial charge on any atom is -0.483 e. The first-order valence-electron chi connectivity index (χ1n) is 10.8. The number of unbranched alkanes of at least 4 members (excludes halogenated alkanes) is 1. The van der Waals surface area contributed by atoms with Gasteiger partial charge in [-0.3, -0.25) is 9.59 Å². The summed E-state index contributed by atoms with van der Waals surface area (Å²) in [6.45, 7) is 8.89. The Labute approximate surface area is 180 Å². The average molecular weight is 411 g/mol. The number of nitrogens with one attached hydrogen (secondary N) is 1. The van der Waals surface area contributed by atoms with Crippen molar-refractivity contribution in [2.24, 2.45) is 0 Å². The maximum Gasteiger partial charge on any atom is 0.261 e. The highest BCUT2D eigenvalue weighted by Crippen LogP contribution is 2.26. The number of nitrogens with zero attached hydrogens (tertiary/aromatic N) is 1. The Morgan fingerprint density at radius 2 is 1.67 bits per heavy atom. The summed E-state index contributed by atoms with van der Waals surface area (Å²) in [5.74, 6) is 0.645. The molecule has 2 rings (SSSR count). The molecule has 1 atom stereocenters. The Kier molecular flexibility index (Phi) is 9.39. The van der Waals surface area contributed by atoms with Gasteiger partial charge in [-0.05, 0) is 36.5 Å². The highest BCUT2D eigenvalue weighted by molar-refractivity contribution is 5.87. The van der Waals surface area contributed by atoms with E-state index in [4.69, 9.17) is 4.74 Å². The van der Waals surface area contributed by atoms with E-state index < -0.39 is 6.04 Å². The van der Waals surface area contributed by atoms with Crippen LogP contribution in [0.15, 0.2) is 54.6 Å². The molecule has 0 unspecified atom stereocenters. The van der Waals surface area contributed by atoms with Crippen molar-refractivity contribution < 1.29 is 14.3 Å². The molecule has 2 amide bonds. The van der Waals surface area contributed by atoms with Crippen LogP contribution in [0, 0.1) is 0 Å². The molecule has 0 saturated heterocycles. The van der Waals surface area contributed by atoms with E-state index in [9.17, 15) is 9.59 Å². The van der Waals surface area contributed by atoms with Gasteiger partial charge in [0.2, 0.25) is 5.91 Å². The fraction of sp³-hybridized carbons (Fsp3) is 0.440. The van der Waals surface area contributed by atoms with Crippen LogP contribution in [0.4, 0.5) is 0 Å². The zero-order valence-corrected chi connectivity index (χ0v) is 18.6. The van der Waals surface area contributed by atoms with Crippen LogP contribution >= 0.6 is 0 Å². The third-order valence-corrected chi connectivity index (χ3v) is 5.08. The highest BCUT2D eigenvalue weighted by Gasteiger charge is 2.26. The van der Waals surface area contributed by atoms with Crippen molar-refractivity contribution in [3.05, 3.63) is 65.7 Å². The molecule has 2 aromatic carbocycles. The number of hydrogen-bond donors (Lipinski definition) is 1. The van der Waals surface area contributed by atoms with Gasteiger partial charge in [-0.15, -0.1) is 0 Å². The molecule has 0 fully saturated rings. The van der Waals surface area contributed by atoms with E-state index in [1.165, 1.54) is 0 Å². The zero-order chi connectivity index (χ0) is 21.9. The third-order valence-electron chi connectivity index (χ3n) is 5.08. The molecule has 0 aromatic heterocycles. The monoisotopic (exact) mass is 410 g/mol. The van der Waals surface area contributed by atoms with Gasteiger partial charge in [0.25, 0.3) is 5.91 Å². The van der Waals surface area contributed by atoms with E-state index >= 15 is 0 Å². The minimum atomic E-state index is -0.585. The van der Waals surface area contributed by atoms with E-state index in [-0.39, 0.29) is 18.4 Å². The number of benzene rings is 2. The van der Waals surface area contributed by atoms with E-state index in [1.807, 2.05) is 54.6 Å². The largest absolute Gasteiger partial charge is 0.483 e. The third kappa shape index (κ3) is 6.90. The van der Waals surface area contributed by atoms with Crippen molar-refractivity contribution >= 4 is 11.8 Å². The molecule has 0 heterocycles. The first kappa shape index (κ1) is 23.5. The SMILES string of the molecule is CCCCNC(=O)[C@@H](C)N(Cc1ccccc1)C(=O)COc1ccccc1C(C)C. The first-order chi connectivity index (χ1) is 14.4. The van der Waals surface area contributed by atoms with Gasteiger partial charge in [0.05, 0.1) is 0 Å². The second-order valence-corrected chi connectivity index (χ2v) is 7.81. The molecule has 162 valence electrons. The van der Waals surface area contributed by atoms with Crippen molar-refractivity contribution in [1.29, 1.82) is 0 Å². The number of carbonyl (C=O) groups is 2. The smallest absolute Gasteiger partial charge is 0.261 e. The number of amides is 2. The molecule has 0 bridgehead atoms. The Hall–Kier alpha value is -2.82. The lowest BCUT2D eigenvalue weighted by Gasteiger charge is -2.29. The second-order valence-electron chi connectivity index (χ2n) is 7.81. The van der Waals surface area contributed by atoms with Crippen LogP contribution in [-0.2, 0) is 16.1 Å². The van der Waals surface area contributed by atoms with Crippen LogP contribution in [-0.4, -0.2) is 35.9 Å². The van der Waals surface area contributed by atoms with E-state index in [2.05, 4.69) is 26.1 Å². The van der Waals surface area contributed by atoms with Crippen LogP contribution in [0.3, 0.4) is 0 Å². The summed E-state index contributed by atoms with van der Waals surface area (Å²) >= 11 is 0. The van der Waals surface area contributed by atoms with E-state index in [0.717, 1.165) is 24.0 Å². The molecule has 0 radical (unpaired) electrons. The van der Waals surface area contributed by atoms with Gasteiger partial charge < -0.3 is 15.0 Å². The van der Waals surface area contributed by atoms with Gasteiger partial charge in [-0.1, -0.05) is 75.7 Å². The van der Waals surface area contributed by atoms with Gasteiger partial charge >= 0.3 is 0 Å². The predicted molar refractivity (Wildman–Crippen MR) is 120 cm³/mol. The molecular formula is C25H34N2O3. The topological polar surface area (TPSA) is 58.6 Å². The van der Waals surface area contributed by atoms with Crippen molar-refractivity contribution in [3.8, 4) is 5.75 Å². The standard InChI is InChI=1S/C25H34N2O3/c1-5-6-16-26-25(29)20(4)27(17-21-12-8-7-9-13-21)24(28)18-30-23-15-11-10-14-22(23)19(2)3/h7-15,19-20H,5-6,16-18H2,1-4H3,(H,26,29)/t20-/m1/s1. The molecule has 0 saturated carbocycles. The maximum absolute atomic E-state index is 13.1. The first-order valence-corrected chi connectivity index (χ1v) is 10.8. The van der Waals surface area contributed by atoms with Gasteiger partial charge in [0, 0.05) is 13.1 Å². The van der Waals surface area contributed by atoms with Crippen LogP contribution in [0.2, 0.25) is 0 Å². The fourth-order valence-electron chi connectivity index (χ4n) is 3.21. The summed E-state index contributed by atoms with van der Waals surface area (Å²) < 4.78 is 5.88. The van der Waals surface area contributed by atoms with Crippen molar-refractivity contribution in [1.82, 2.24) is 10.2 Å². The molecular weight excluding hydrogens is 376 g/mol. The summed E-state index contributed by atoms with van der Waals surface area (Å²) in [7, 11) is 0. The van der Waals surface area contributed by atoms with Crippen LogP contribution < -0.4 is 10.1 Å². The number of rotatable bonds is 11. The van der Waals surface area contributed by atoms with Gasteiger partial charge in [0.15, 0.2) is 6.61 Å². The molecule has 30 heavy (non-hydrogen) atoms. The van der Waals surface area contributed by atoms with Crippen LogP contribution in [0.25, 0.3) is 0 Å². The summed E-state index contributed by atoms with van der Waals surface area (Å²) in [6, 6.07) is 16.9. The minimum absolute atomic E-state index is 0.108. The van der Waals surface area contributed by atoms with Crippen molar-refractivity contribution in [2.45, 2.75) is 59.0 Å². The van der Waals surface area contributed by atoms with Gasteiger partial charge in [-0.25, -0.2) is 0 Å². The number of para-hydroxylation sites is 1. The molecule has 1 N–H and O–H groups in total. The van der Waals surface area contributed by atoms with E-state index in [1.54, 1.807) is 11.8 Å². The lowest BCUT2D eigenvalue weighted by molar-refractivity contribution is -0.142. The summed E-state index contributed by atoms with van der Waals surface area (Å²) in [6.07, 6.45) is 1.92. The highest BCUT2D eigenvalue weighted by atomic mass is 16.5. The molecule has 5 nitrogen and oxygen atoms in total. The van der Waals surface area contributed by atoms with Gasteiger partial charge in [0.1, 0.15) is 11.8 Å². The Balaban J connectivity index is 2.12. The molecule has 0 aliphatic heterocycles. The summed E-state index contributed by atoms with van der Waals surface area (Å²) in [5, 5.41) is 2.93. The fourth-order valence-corrected chi connectivity index (χ4v) is 3.21. The van der Waals surface area contributed by atoms with Crippen LogP contribution in [0.1, 0.15) is 57.6 Å². The Morgan fingerprint density at radius 3 is 2.33 bits per heavy atom. The molecule has 0 aliphatic carbocycles. The zero-order valence-electron chi connectivity index (χ0n) is 18.6. The average Bonchev–Trinajstić information content (AvgIpc) is 2.76. The summed E-state index contributed by atoms with van der Waals surface area (Å²) in [4.78, 5) is 27.3. The molecule has 0 spiro atoms. The van der Waals surface area contributed by atoms with E-state index in [0.29, 0.717) is 24.8 Å².